The van der Waals surface area contributed by atoms with Gasteiger partial charge in [-0.25, -0.2) is 9.52 Å². The van der Waals surface area contributed by atoms with Gasteiger partial charge >= 0.3 is 15.3 Å². The van der Waals surface area contributed by atoms with Gasteiger partial charge in [0.05, 0.1) is 5.02 Å². The summed E-state index contributed by atoms with van der Waals surface area (Å²) in [5, 5.41) is 0.150. The molecule has 0 saturated carbocycles. The second-order valence-electron chi connectivity index (χ2n) is 2.50. The minimum atomic E-state index is -4.17. The summed E-state index contributed by atoms with van der Waals surface area (Å²) in [6, 6.07) is 4.45. The Morgan fingerprint density at radius 2 is 2.06 bits per heavy atom. The van der Waals surface area contributed by atoms with E-state index >= 15 is 0 Å². The van der Waals surface area contributed by atoms with Gasteiger partial charge in [-0.15, -0.1) is 0 Å². The molecule has 1 aromatic rings. The summed E-state index contributed by atoms with van der Waals surface area (Å²) in [7, 11) is 0.610. The van der Waals surface area contributed by atoms with Crippen molar-refractivity contribution in [3.05, 3.63) is 27.7 Å². The molecule has 0 aliphatic rings. The summed E-state index contributed by atoms with van der Waals surface area (Å²) >= 11 is 8.88. The second kappa shape index (κ2) is 5.22. The number of amides is 1. The first-order chi connectivity index (χ1) is 7.28. The van der Waals surface area contributed by atoms with Gasteiger partial charge in [-0.2, -0.15) is 8.42 Å². The molecule has 0 fully saturated rings. The lowest BCUT2D eigenvalue weighted by atomic mass is 10.3. The van der Waals surface area contributed by atoms with Crippen LogP contribution in [-0.2, 0) is 9.24 Å². The summed E-state index contributed by atoms with van der Waals surface area (Å²) in [5.41, 5.74) is 0. The highest BCUT2D eigenvalue weighted by Gasteiger charge is 2.14. The smallest absolute Gasteiger partial charge is 0.408 e. The molecule has 0 radical (unpaired) electrons. The highest BCUT2D eigenvalue weighted by Crippen LogP contribution is 2.27. The molecule has 5 nitrogen and oxygen atoms in total. The van der Waals surface area contributed by atoms with Crippen molar-refractivity contribution in [2.24, 2.45) is 0 Å². The molecule has 0 aromatic heterocycles. The SMILES string of the molecule is O=C(NS(=O)(=O)Cl)Oc1ccc(Br)cc1Cl. The van der Waals surface area contributed by atoms with Crippen molar-refractivity contribution in [3.8, 4) is 5.75 Å². The lowest BCUT2D eigenvalue weighted by Crippen LogP contribution is -2.29. The molecule has 1 amide bonds. The van der Waals surface area contributed by atoms with E-state index < -0.39 is 15.3 Å². The second-order valence-corrected chi connectivity index (χ2v) is 6.13. The molecule has 1 N–H and O–H groups in total. The Balaban J connectivity index is 2.78. The fourth-order valence-electron chi connectivity index (χ4n) is 0.778. The van der Waals surface area contributed by atoms with Crippen LogP contribution >= 0.6 is 38.2 Å². The standard InChI is InChI=1S/C7H4BrCl2NO4S/c8-4-1-2-6(5(9)3-4)15-7(12)11-16(10,13)14/h1-3H,(H,11,12). The summed E-state index contributed by atoms with van der Waals surface area (Å²) < 4.78 is 27.7. The lowest BCUT2D eigenvalue weighted by molar-refractivity contribution is 0.207. The van der Waals surface area contributed by atoms with Crippen molar-refractivity contribution in [1.29, 1.82) is 0 Å². The average Bonchev–Trinajstić information content (AvgIpc) is 2.06. The molecular weight excluding hydrogens is 345 g/mol. The first kappa shape index (κ1) is 13.6. The Bertz CT molecular complexity index is 519. The number of halogens is 3. The van der Waals surface area contributed by atoms with E-state index in [9.17, 15) is 13.2 Å². The molecule has 0 heterocycles. The first-order valence-corrected chi connectivity index (χ1v) is 7.15. The van der Waals surface area contributed by atoms with Gasteiger partial charge in [-0.3, -0.25) is 0 Å². The molecule has 0 aliphatic heterocycles. The van der Waals surface area contributed by atoms with E-state index in [0.717, 1.165) is 0 Å². The maximum absolute atomic E-state index is 11.0. The van der Waals surface area contributed by atoms with Crippen molar-refractivity contribution < 1.29 is 17.9 Å². The largest absolute Gasteiger partial charge is 0.427 e. The molecule has 88 valence electrons. The Hall–Kier alpha value is -0.500. The van der Waals surface area contributed by atoms with Crippen molar-refractivity contribution in [3.63, 3.8) is 0 Å². The topological polar surface area (TPSA) is 72.5 Å². The fourth-order valence-corrected chi connectivity index (χ4v) is 1.92. The molecule has 9 heteroatoms. The summed E-state index contributed by atoms with van der Waals surface area (Å²) in [5.74, 6) is 0.0164. The van der Waals surface area contributed by atoms with E-state index in [-0.39, 0.29) is 10.8 Å². The molecule has 0 spiro atoms. The zero-order valence-corrected chi connectivity index (χ0v) is 11.3. The highest BCUT2D eigenvalue weighted by molar-refractivity contribution is 9.10. The van der Waals surface area contributed by atoms with Crippen LogP contribution in [0.1, 0.15) is 0 Å². The third-order valence-corrected chi connectivity index (χ3v) is 2.73. The number of nitrogens with one attached hydrogen (secondary N) is 1. The van der Waals surface area contributed by atoms with Crippen LogP contribution in [0.25, 0.3) is 0 Å². The fraction of sp³-hybridized carbons (Fsp3) is 0. The van der Waals surface area contributed by atoms with Crippen LogP contribution in [0.15, 0.2) is 22.7 Å². The van der Waals surface area contributed by atoms with Gasteiger partial charge in [0.1, 0.15) is 0 Å². The van der Waals surface area contributed by atoms with Gasteiger partial charge in [0.15, 0.2) is 5.75 Å². The van der Waals surface area contributed by atoms with Gasteiger partial charge in [0.25, 0.3) is 0 Å². The van der Waals surface area contributed by atoms with Crippen molar-refractivity contribution >= 4 is 53.5 Å². The third kappa shape index (κ3) is 4.56. The molecule has 0 bridgehead atoms. The minimum absolute atomic E-state index is 0.0164. The zero-order chi connectivity index (χ0) is 12.3. The molecule has 0 aliphatic carbocycles. The molecule has 1 rings (SSSR count). The number of hydrogen-bond acceptors (Lipinski definition) is 4. The van der Waals surface area contributed by atoms with E-state index in [1.54, 1.807) is 6.07 Å². The third-order valence-electron chi connectivity index (χ3n) is 1.30. The Morgan fingerprint density at radius 1 is 1.44 bits per heavy atom. The predicted octanol–water partition coefficient (Wildman–Crippen LogP) is 2.67. The molecule has 1 aromatic carbocycles. The number of carbonyl (C=O) groups is 1. The number of rotatable bonds is 2. The van der Waals surface area contributed by atoms with Crippen LogP contribution in [0.4, 0.5) is 4.79 Å². The Morgan fingerprint density at radius 3 is 2.56 bits per heavy atom. The van der Waals surface area contributed by atoms with Crippen molar-refractivity contribution in [2.45, 2.75) is 0 Å². The van der Waals surface area contributed by atoms with Gasteiger partial charge in [0, 0.05) is 15.2 Å². The molecule has 0 unspecified atom stereocenters. The van der Waals surface area contributed by atoms with Crippen LogP contribution in [0, 0.1) is 0 Å². The number of carbonyl (C=O) groups excluding carboxylic acids is 1. The average molecular weight is 349 g/mol. The van der Waals surface area contributed by atoms with Crippen LogP contribution in [0.2, 0.25) is 5.02 Å². The summed E-state index contributed by atoms with van der Waals surface area (Å²) in [6.45, 7) is 0. The van der Waals surface area contributed by atoms with E-state index in [4.69, 9.17) is 22.3 Å². The maximum atomic E-state index is 11.0. The first-order valence-electron chi connectivity index (χ1n) is 3.67. The van der Waals surface area contributed by atoms with Gasteiger partial charge in [-0.1, -0.05) is 27.5 Å². The van der Waals surface area contributed by atoms with Gasteiger partial charge in [0.2, 0.25) is 0 Å². The summed E-state index contributed by atoms with van der Waals surface area (Å²) in [4.78, 5) is 11.0. The van der Waals surface area contributed by atoms with E-state index in [2.05, 4.69) is 20.7 Å². The Kier molecular flexibility index (Phi) is 4.43. The van der Waals surface area contributed by atoms with Crippen LogP contribution in [-0.4, -0.2) is 14.5 Å². The lowest BCUT2D eigenvalue weighted by Gasteiger charge is -2.05. The monoisotopic (exact) mass is 347 g/mol. The minimum Gasteiger partial charge on any atom is -0.408 e. The van der Waals surface area contributed by atoms with E-state index in [0.29, 0.717) is 4.47 Å². The van der Waals surface area contributed by atoms with Crippen LogP contribution in [0.3, 0.4) is 0 Å². The quantitative estimate of drug-likeness (QED) is 0.834. The van der Waals surface area contributed by atoms with Gasteiger partial charge < -0.3 is 4.74 Å². The maximum Gasteiger partial charge on any atom is 0.427 e. The molecular formula is C7H4BrCl2NO4S. The van der Waals surface area contributed by atoms with Crippen LogP contribution < -0.4 is 9.46 Å². The zero-order valence-electron chi connectivity index (χ0n) is 7.41. The van der Waals surface area contributed by atoms with Crippen molar-refractivity contribution in [1.82, 2.24) is 4.72 Å². The molecule has 0 atom stereocenters. The number of hydrogen-bond donors (Lipinski definition) is 1. The molecule has 0 saturated heterocycles. The van der Waals surface area contributed by atoms with Crippen LogP contribution in [0.5, 0.6) is 5.75 Å². The number of ether oxygens (including phenoxy) is 1. The Labute approximate surface area is 109 Å². The highest BCUT2D eigenvalue weighted by atomic mass is 79.9. The number of benzene rings is 1. The van der Waals surface area contributed by atoms with E-state index in [1.165, 1.54) is 16.9 Å². The van der Waals surface area contributed by atoms with Crippen molar-refractivity contribution in [2.75, 3.05) is 0 Å². The summed E-state index contributed by atoms with van der Waals surface area (Å²) in [6.07, 6.45) is -1.24. The van der Waals surface area contributed by atoms with Gasteiger partial charge in [-0.05, 0) is 18.2 Å². The molecule has 16 heavy (non-hydrogen) atoms. The predicted molar refractivity (Wildman–Crippen MR) is 63.1 cm³/mol. The van der Waals surface area contributed by atoms with E-state index in [1.807, 2.05) is 0 Å². The normalized spacial score (nSPS) is 10.9.